The molecule has 2 unspecified atom stereocenters. The van der Waals surface area contributed by atoms with E-state index in [-0.39, 0.29) is 17.3 Å². The lowest BCUT2D eigenvalue weighted by atomic mass is 9.77. The zero-order valence-electron chi connectivity index (χ0n) is 32.4. The Hall–Kier alpha value is -7.10. The average Bonchev–Trinajstić information content (AvgIpc) is 3.90. The van der Waals surface area contributed by atoms with Crippen LogP contribution in [0.1, 0.15) is 42.2 Å². The predicted molar refractivity (Wildman–Crippen MR) is 241 cm³/mol. The van der Waals surface area contributed by atoms with Crippen LogP contribution >= 0.6 is 0 Å². The van der Waals surface area contributed by atoms with Crippen molar-refractivity contribution in [1.29, 1.82) is 0 Å². The first-order chi connectivity index (χ1) is 28.5. The molecule has 0 saturated carbocycles. The summed E-state index contributed by atoms with van der Waals surface area (Å²) in [4.78, 5) is 2.47. The summed E-state index contributed by atoms with van der Waals surface area (Å²) in [6, 6.07) is 59.8. The third-order valence-electron chi connectivity index (χ3n) is 12.9. The van der Waals surface area contributed by atoms with Crippen molar-refractivity contribution in [2.45, 2.75) is 25.2 Å². The average molecular weight is 745 g/mol. The number of furan rings is 1. The van der Waals surface area contributed by atoms with E-state index in [0.717, 1.165) is 44.9 Å². The van der Waals surface area contributed by atoms with E-state index in [1.807, 2.05) is 0 Å². The lowest BCUT2D eigenvalue weighted by molar-refractivity contribution is 0.481. The van der Waals surface area contributed by atoms with Crippen molar-refractivity contribution in [3.63, 3.8) is 0 Å². The van der Waals surface area contributed by atoms with E-state index < -0.39 is 0 Å². The SMILES string of the molecule is CC1(C)c2ccccc2-c2ccc(-c3cccc4c5c(oc34)C3C=CC=CC3C(N(c3ccccc3)c3ccc4c(c3)c3ccccc3n4-c3ccccc3)=C5)cc21. The van der Waals surface area contributed by atoms with Gasteiger partial charge in [-0.2, -0.15) is 0 Å². The molecule has 2 aromatic heterocycles. The fourth-order valence-corrected chi connectivity index (χ4v) is 10.2. The van der Waals surface area contributed by atoms with E-state index in [9.17, 15) is 0 Å². The molecule has 276 valence electrons. The van der Waals surface area contributed by atoms with E-state index in [2.05, 4.69) is 217 Å². The topological polar surface area (TPSA) is 21.3 Å². The lowest BCUT2D eigenvalue weighted by Crippen LogP contribution is -2.28. The highest BCUT2D eigenvalue weighted by Crippen LogP contribution is 2.53. The second kappa shape index (κ2) is 12.4. The van der Waals surface area contributed by atoms with Gasteiger partial charge in [0.2, 0.25) is 0 Å². The third-order valence-corrected chi connectivity index (χ3v) is 12.9. The molecule has 3 aliphatic rings. The molecule has 0 radical (unpaired) electrons. The number of benzene rings is 7. The summed E-state index contributed by atoms with van der Waals surface area (Å²) in [7, 11) is 0. The van der Waals surface area contributed by atoms with Gasteiger partial charge in [-0.25, -0.2) is 0 Å². The van der Waals surface area contributed by atoms with Crippen molar-refractivity contribution in [3.05, 3.63) is 216 Å². The quantitative estimate of drug-likeness (QED) is 0.175. The highest BCUT2D eigenvalue weighted by Gasteiger charge is 2.38. The maximum atomic E-state index is 7.12. The van der Waals surface area contributed by atoms with Crippen LogP contribution in [-0.2, 0) is 5.41 Å². The van der Waals surface area contributed by atoms with Crippen LogP contribution in [-0.4, -0.2) is 4.57 Å². The second-order valence-electron chi connectivity index (χ2n) is 16.4. The molecule has 3 aliphatic carbocycles. The van der Waals surface area contributed by atoms with Gasteiger partial charge in [0, 0.05) is 67.3 Å². The maximum Gasteiger partial charge on any atom is 0.142 e. The Morgan fingerprint density at radius 2 is 1.22 bits per heavy atom. The molecule has 9 aromatic rings. The molecular weight excluding hydrogens is 705 g/mol. The Kier molecular flexibility index (Phi) is 7.10. The van der Waals surface area contributed by atoms with Crippen LogP contribution in [0.25, 0.3) is 66.8 Å². The number of fused-ring (bicyclic) bond motifs is 11. The normalized spacial score (nSPS) is 17.2. The number of rotatable bonds is 5. The lowest BCUT2D eigenvalue weighted by Gasteiger charge is -2.37. The molecule has 0 aliphatic heterocycles. The molecule has 0 saturated heterocycles. The van der Waals surface area contributed by atoms with Gasteiger partial charge in [-0.1, -0.05) is 147 Å². The van der Waals surface area contributed by atoms with Crippen LogP contribution in [0.4, 0.5) is 11.4 Å². The van der Waals surface area contributed by atoms with Gasteiger partial charge in [0.1, 0.15) is 11.3 Å². The molecule has 0 spiro atoms. The summed E-state index contributed by atoms with van der Waals surface area (Å²) >= 11 is 0. The van der Waals surface area contributed by atoms with Crippen molar-refractivity contribution in [3.8, 4) is 27.9 Å². The summed E-state index contributed by atoms with van der Waals surface area (Å²) in [5, 5.41) is 3.61. The summed E-state index contributed by atoms with van der Waals surface area (Å²) in [5.41, 5.74) is 16.8. The molecule has 58 heavy (non-hydrogen) atoms. The van der Waals surface area contributed by atoms with Gasteiger partial charge in [0.05, 0.1) is 11.0 Å². The van der Waals surface area contributed by atoms with Crippen LogP contribution in [0, 0.1) is 5.92 Å². The molecule has 7 aromatic carbocycles. The highest BCUT2D eigenvalue weighted by atomic mass is 16.3. The standard InChI is InChI=1S/C55H40N2O/c1-55(2)48-26-13-11-20-40(48)41-30-28-35(32-49(41)55)39-24-15-25-45-47-34-52(42-21-9-10-23-44(42)54(47)58-53(39)45)56(36-16-5-3-6-17-36)38-29-31-51-46(33-38)43-22-12-14-27-50(43)57(51)37-18-7-4-8-19-37/h3-34,42,44H,1-2H3. The number of para-hydroxylation sites is 4. The summed E-state index contributed by atoms with van der Waals surface area (Å²) in [6.07, 6.45) is 11.5. The van der Waals surface area contributed by atoms with Gasteiger partial charge >= 0.3 is 0 Å². The fraction of sp³-hybridized carbons (Fsp3) is 0.0909. The van der Waals surface area contributed by atoms with E-state index in [0.29, 0.717) is 0 Å². The fourth-order valence-electron chi connectivity index (χ4n) is 10.2. The molecule has 0 N–H and O–H groups in total. The van der Waals surface area contributed by atoms with Crippen molar-refractivity contribution in [2.75, 3.05) is 4.90 Å². The van der Waals surface area contributed by atoms with Gasteiger partial charge in [-0.15, -0.1) is 0 Å². The third kappa shape index (κ3) is 4.74. The Balaban J connectivity index is 1.05. The number of allylic oxidation sites excluding steroid dienone is 4. The zero-order valence-corrected chi connectivity index (χ0v) is 32.4. The van der Waals surface area contributed by atoms with Crippen LogP contribution in [0.2, 0.25) is 0 Å². The summed E-state index contributed by atoms with van der Waals surface area (Å²) < 4.78 is 9.50. The molecule has 2 heterocycles. The van der Waals surface area contributed by atoms with Crippen molar-refractivity contribution in [2.24, 2.45) is 5.92 Å². The number of nitrogens with zero attached hydrogens (tertiary/aromatic N) is 2. The van der Waals surface area contributed by atoms with Crippen LogP contribution < -0.4 is 4.90 Å². The Morgan fingerprint density at radius 1 is 0.534 bits per heavy atom. The summed E-state index contributed by atoms with van der Waals surface area (Å²) in [5.74, 6) is 1.14. The zero-order chi connectivity index (χ0) is 38.5. The van der Waals surface area contributed by atoms with E-state index in [1.54, 1.807) is 0 Å². The van der Waals surface area contributed by atoms with Gasteiger partial charge in [-0.3, -0.25) is 0 Å². The molecule has 0 amide bonds. The first-order valence-corrected chi connectivity index (χ1v) is 20.4. The molecular formula is C55H40N2O. The first kappa shape index (κ1) is 33.1. The highest BCUT2D eigenvalue weighted by molar-refractivity contribution is 6.10. The molecule has 2 atom stereocenters. The number of aromatic nitrogens is 1. The number of hydrogen-bond donors (Lipinski definition) is 0. The minimum absolute atomic E-state index is 0.0450. The molecule has 3 heteroatoms. The Bertz CT molecular complexity index is 3210. The van der Waals surface area contributed by atoms with Gasteiger partial charge in [0.15, 0.2) is 0 Å². The van der Waals surface area contributed by atoms with Crippen LogP contribution in [0.15, 0.2) is 198 Å². The molecule has 12 rings (SSSR count). The Morgan fingerprint density at radius 3 is 2.09 bits per heavy atom. The molecule has 0 bridgehead atoms. The molecule has 3 nitrogen and oxygen atoms in total. The number of anilines is 2. The van der Waals surface area contributed by atoms with Crippen molar-refractivity contribution < 1.29 is 4.42 Å². The van der Waals surface area contributed by atoms with Gasteiger partial charge in [-0.05, 0) is 88.5 Å². The van der Waals surface area contributed by atoms with Crippen LogP contribution in [0.5, 0.6) is 0 Å². The minimum atomic E-state index is -0.0807. The maximum absolute atomic E-state index is 7.12. The number of hydrogen-bond acceptors (Lipinski definition) is 2. The van der Waals surface area contributed by atoms with E-state index in [1.165, 1.54) is 55.3 Å². The first-order valence-electron chi connectivity index (χ1n) is 20.4. The van der Waals surface area contributed by atoms with Crippen LogP contribution in [0.3, 0.4) is 0 Å². The predicted octanol–water partition coefficient (Wildman–Crippen LogP) is 14.5. The summed E-state index contributed by atoms with van der Waals surface area (Å²) in [6.45, 7) is 4.70. The van der Waals surface area contributed by atoms with E-state index >= 15 is 0 Å². The van der Waals surface area contributed by atoms with Gasteiger partial charge in [0.25, 0.3) is 0 Å². The monoisotopic (exact) mass is 744 g/mol. The van der Waals surface area contributed by atoms with Gasteiger partial charge < -0.3 is 13.9 Å². The second-order valence-corrected chi connectivity index (χ2v) is 16.4. The van der Waals surface area contributed by atoms with Crippen molar-refractivity contribution >= 4 is 50.2 Å². The Labute approximate surface area is 338 Å². The minimum Gasteiger partial charge on any atom is -0.459 e. The van der Waals surface area contributed by atoms with E-state index in [4.69, 9.17) is 4.42 Å². The smallest absolute Gasteiger partial charge is 0.142 e. The molecule has 0 fully saturated rings. The largest absolute Gasteiger partial charge is 0.459 e. The van der Waals surface area contributed by atoms with Crippen molar-refractivity contribution in [1.82, 2.24) is 4.57 Å².